The first kappa shape index (κ1) is 14.3. The minimum Gasteiger partial charge on any atom is -0.492 e. The molecule has 0 fully saturated rings. The lowest BCUT2D eigenvalue weighted by atomic mass is 10.1. The Morgan fingerprint density at radius 1 is 1.20 bits per heavy atom. The number of hydrogen-bond acceptors (Lipinski definition) is 3. The highest BCUT2D eigenvalue weighted by Gasteiger charge is 2.09. The molecule has 0 amide bonds. The van der Waals surface area contributed by atoms with Crippen LogP contribution in [0.15, 0.2) is 48.5 Å². The van der Waals surface area contributed by atoms with Crippen molar-refractivity contribution in [2.45, 2.75) is 13.0 Å². The maximum atomic E-state index is 13.1. The van der Waals surface area contributed by atoms with Crippen molar-refractivity contribution in [3.05, 3.63) is 59.9 Å². The molecule has 1 unspecified atom stereocenters. The number of halogens is 1. The van der Waals surface area contributed by atoms with Gasteiger partial charge in [0, 0.05) is 6.54 Å². The van der Waals surface area contributed by atoms with Crippen LogP contribution in [0.25, 0.3) is 0 Å². The molecule has 2 rings (SSSR count). The number of aliphatic hydroxyl groups is 1. The molecule has 4 heteroatoms. The molecule has 2 aromatic rings. The first-order valence-electron chi connectivity index (χ1n) is 6.60. The molecule has 0 aliphatic carbocycles. The zero-order valence-electron chi connectivity index (χ0n) is 11.3. The van der Waals surface area contributed by atoms with Crippen LogP contribution in [0, 0.1) is 5.82 Å². The Kier molecular flexibility index (Phi) is 4.96. The van der Waals surface area contributed by atoms with E-state index in [4.69, 9.17) is 4.74 Å². The lowest BCUT2D eigenvalue weighted by Crippen LogP contribution is -2.13. The van der Waals surface area contributed by atoms with Gasteiger partial charge in [-0.05, 0) is 36.8 Å². The fourth-order valence-corrected chi connectivity index (χ4v) is 1.93. The first-order valence-corrected chi connectivity index (χ1v) is 6.60. The molecule has 106 valence electrons. The number of rotatable bonds is 6. The monoisotopic (exact) mass is 275 g/mol. The van der Waals surface area contributed by atoms with E-state index < -0.39 is 6.10 Å². The highest BCUT2D eigenvalue weighted by Crippen LogP contribution is 2.24. The van der Waals surface area contributed by atoms with Gasteiger partial charge in [0.05, 0.1) is 18.4 Å². The van der Waals surface area contributed by atoms with E-state index in [1.807, 2.05) is 31.2 Å². The molecule has 0 aromatic heterocycles. The van der Waals surface area contributed by atoms with Crippen molar-refractivity contribution in [3.8, 4) is 5.75 Å². The molecule has 0 radical (unpaired) electrons. The fraction of sp³-hybridized carbons (Fsp3) is 0.250. The molecule has 1 atom stereocenters. The summed E-state index contributed by atoms with van der Waals surface area (Å²) in [5.74, 6) is 0.387. The van der Waals surface area contributed by atoms with Gasteiger partial charge in [-0.1, -0.05) is 24.3 Å². The lowest BCUT2D eigenvalue weighted by molar-refractivity contribution is 0.191. The topological polar surface area (TPSA) is 41.5 Å². The van der Waals surface area contributed by atoms with Crippen LogP contribution in [-0.4, -0.2) is 18.3 Å². The second kappa shape index (κ2) is 6.91. The number of para-hydroxylation sites is 2. The number of benzene rings is 2. The Hall–Kier alpha value is -2.07. The Morgan fingerprint density at radius 2 is 2.00 bits per heavy atom. The maximum absolute atomic E-state index is 13.1. The third-order valence-corrected chi connectivity index (χ3v) is 2.91. The van der Waals surface area contributed by atoms with Crippen molar-refractivity contribution in [2.75, 3.05) is 18.5 Å². The van der Waals surface area contributed by atoms with Gasteiger partial charge in [-0.3, -0.25) is 0 Å². The molecule has 0 aliphatic heterocycles. The molecule has 0 bridgehead atoms. The molecule has 0 saturated heterocycles. The van der Waals surface area contributed by atoms with Crippen LogP contribution >= 0.6 is 0 Å². The van der Waals surface area contributed by atoms with E-state index in [1.165, 1.54) is 12.1 Å². The minimum absolute atomic E-state index is 0.285. The van der Waals surface area contributed by atoms with Gasteiger partial charge in [0.25, 0.3) is 0 Å². The van der Waals surface area contributed by atoms with E-state index in [0.29, 0.717) is 12.2 Å². The van der Waals surface area contributed by atoms with Gasteiger partial charge in [0.15, 0.2) is 0 Å². The lowest BCUT2D eigenvalue weighted by Gasteiger charge is -2.15. The van der Waals surface area contributed by atoms with Crippen LogP contribution in [0.3, 0.4) is 0 Å². The predicted octanol–water partition coefficient (Wildman–Crippen LogP) is 3.37. The molecule has 0 aliphatic rings. The first-order chi connectivity index (χ1) is 9.70. The highest BCUT2D eigenvalue weighted by molar-refractivity contribution is 5.56. The van der Waals surface area contributed by atoms with Gasteiger partial charge in [-0.25, -0.2) is 4.39 Å². The number of aliphatic hydroxyl groups excluding tert-OH is 1. The molecule has 20 heavy (non-hydrogen) atoms. The zero-order chi connectivity index (χ0) is 14.4. The largest absolute Gasteiger partial charge is 0.492 e. The standard InChI is InChI=1S/C16H18FNO2/c1-2-20-16-9-4-3-8-14(16)18-11-15(19)12-6-5-7-13(17)10-12/h3-10,15,18-19H,2,11H2,1H3. The SMILES string of the molecule is CCOc1ccccc1NCC(O)c1cccc(F)c1. The average molecular weight is 275 g/mol. The van der Waals surface area contributed by atoms with Crippen molar-refractivity contribution in [3.63, 3.8) is 0 Å². The van der Waals surface area contributed by atoms with Crippen LogP contribution in [0.1, 0.15) is 18.6 Å². The van der Waals surface area contributed by atoms with Crippen molar-refractivity contribution in [1.82, 2.24) is 0 Å². The zero-order valence-corrected chi connectivity index (χ0v) is 11.3. The summed E-state index contributed by atoms with van der Waals surface area (Å²) in [6.45, 7) is 2.77. The van der Waals surface area contributed by atoms with Crippen molar-refractivity contribution < 1.29 is 14.2 Å². The van der Waals surface area contributed by atoms with Crippen molar-refractivity contribution >= 4 is 5.69 Å². The third kappa shape index (κ3) is 3.71. The summed E-state index contributed by atoms with van der Waals surface area (Å²) in [5, 5.41) is 13.2. The normalized spacial score (nSPS) is 11.9. The summed E-state index contributed by atoms with van der Waals surface area (Å²) >= 11 is 0. The molecular formula is C16H18FNO2. The Labute approximate surface area is 118 Å². The van der Waals surface area contributed by atoms with E-state index >= 15 is 0 Å². The van der Waals surface area contributed by atoms with E-state index in [0.717, 1.165) is 11.4 Å². The molecular weight excluding hydrogens is 257 g/mol. The molecule has 0 heterocycles. The Bertz CT molecular complexity index is 560. The summed E-state index contributed by atoms with van der Waals surface area (Å²) in [4.78, 5) is 0. The molecule has 2 aromatic carbocycles. The van der Waals surface area contributed by atoms with Gasteiger partial charge in [-0.15, -0.1) is 0 Å². The van der Waals surface area contributed by atoms with Crippen LogP contribution in [0.2, 0.25) is 0 Å². The summed E-state index contributed by atoms with van der Waals surface area (Å²) < 4.78 is 18.6. The number of anilines is 1. The Balaban J connectivity index is 2.01. The number of ether oxygens (including phenoxy) is 1. The molecule has 3 nitrogen and oxygen atoms in total. The summed E-state index contributed by atoms with van der Waals surface area (Å²) in [6.07, 6.45) is -0.777. The second-order valence-corrected chi connectivity index (χ2v) is 4.38. The van der Waals surface area contributed by atoms with E-state index in [-0.39, 0.29) is 12.4 Å². The summed E-state index contributed by atoms with van der Waals surface area (Å²) in [5.41, 5.74) is 1.36. The third-order valence-electron chi connectivity index (χ3n) is 2.91. The van der Waals surface area contributed by atoms with Crippen LogP contribution in [0.4, 0.5) is 10.1 Å². The quantitative estimate of drug-likeness (QED) is 0.849. The van der Waals surface area contributed by atoms with Crippen molar-refractivity contribution in [2.24, 2.45) is 0 Å². The fourth-order valence-electron chi connectivity index (χ4n) is 1.93. The second-order valence-electron chi connectivity index (χ2n) is 4.38. The van der Waals surface area contributed by atoms with Gasteiger partial charge in [-0.2, -0.15) is 0 Å². The van der Waals surface area contributed by atoms with Crippen LogP contribution < -0.4 is 10.1 Å². The number of nitrogens with one attached hydrogen (secondary N) is 1. The minimum atomic E-state index is -0.777. The average Bonchev–Trinajstić information content (AvgIpc) is 2.46. The van der Waals surface area contributed by atoms with Gasteiger partial charge >= 0.3 is 0 Å². The van der Waals surface area contributed by atoms with Crippen LogP contribution in [0.5, 0.6) is 5.75 Å². The predicted molar refractivity (Wildman–Crippen MR) is 77.5 cm³/mol. The van der Waals surface area contributed by atoms with Gasteiger partial charge < -0.3 is 15.2 Å². The molecule has 0 saturated carbocycles. The maximum Gasteiger partial charge on any atom is 0.142 e. The molecule has 2 N–H and O–H groups in total. The highest BCUT2D eigenvalue weighted by atomic mass is 19.1. The number of hydrogen-bond donors (Lipinski definition) is 2. The van der Waals surface area contributed by atoms with Crippen LogP contribution in [-0.2, 0) is 0 Å². The molecule has 0 spiro atoms. The summed E-state index contributed by atoms with van der Waals surface area (Å²) in [6, 6.07) is 13.5. The van der Waals surface area contributed by atoms with Gasteiger partial charge in [0.1, 0.15) is 11.6 Å². The Morgan fingerprint density at radius 3 is 2.75 bits per heavy atom. The van der Waals surface area contributed by atoms with E-state index in [2.05, 4.69) is 5.32 Å². The van der Waals surface area contributed by atoms with Crippen molar-refractivity contribution in [1.29, 1.82) is 0 Å². The van der Waals surface area contributed by atoms with E-state index in [9.17, 15) is 9.50 Å². The summed E-state index contributed by atoms with van der Waals surface area (Å²) in [7, 11) is 0. The van der Waals surface area contributed by atoms with Gasteiger partial charge in [0.2, 0.25) is 0 Å². The van der Waals surface area contributed by atoms with E-state index in [1.54, 1.807) is 12.1 Å². The smallest absolute Gasteiger partial charge is 0.142 e.